The van der Waals surface area contributed by atoms with Crippen molar-refractivity contribution in [2.24, 2.45) is 7.05 Å². The fourth-order valence-electron chi connectivity index (χ4n) is 1.52. The van der Waals surface area contributed by atoms with Gasteiger partial charge in [0, 0.05) is 7.05 Å². The lowest BCUT2D eigenvalue weighted by Crippen LogP contribution is -2.24. The molecule has 0 fully saturated rings. The van der Waals surface area contributed by atoms with Crippen LogP contribution in [0.25, 0.3) is 0 Å². The van der Waals surface area contributed by atoms with Crippen molar-refractivity contribution >= 4 is 17.5 Å². The molecule has 0 aliphatic carbocycles. The number of H-pyrrole nitrogens is 1. The topological polar surface area (TPSA) is 75.6 Å². The van der Waals surface area contributed by atoms with E-state index in [2.05, 4.69) is 20.6 Å². The number of halogens is 1. The number of carbonyl (C=O) groups is 1. The van der Waals surface area contributed by atoms with E-state index in [0.717, 1.165) is 11.4 Å². The van der Waals surface area contributed by atoms with Crippen LogP contribution in [0.15, 0.2) is 12.3 Å². The number of rotatable bonds is 3. The predicted molar refractivity (Wildman–Crippen MR) is 62.7 cm³/mol. The molecule has 0 aromatic carbocycles. The number of aromatic nitrogens is 4. The van der Waals surface area contributed by atoms with Crippen LogP contribution in [0, 0.1) is 6.92 Å². The number of hydrogen-bond acceptors (Lipinski definition) is 3. The molecular weight excluding hydrogens is 242 g/mol. The molecule has 2 heterocycles. The largest absolute Gasteiger partial charge is 0.345 e. The van der Waals surface area contributed by atoms with Crippen LogP contribution in [-0.2, 0) is 13.6 Å². The summed E-state index contributed by atoms with van der Waals surface area (Å²) in [6.07, 6.45) is 1.39. The van der Waals surface area contributed by atoms with Crippen LogP contribution in [0.5, 0.6) is 0 Å². The van der Waals surface area contributed by atoms with Crippen molar-refractivity contribution in [1.82, 2.24) is 25.3 Å². The first-order valence-corrected chi connectivity index (χ1v) is 5.42. The van der Waals surface area contributed by atoms with Crippen molar-refractivity contribution in [3.8, 4) is 0 Å². The Bertz CT molecular complexity index is 545. The molecule has 2 rings (SSSR count). The first kappa shape index (κ1) is 11.7. The minimum Gasteiger partial charge on any atom is -0.345 e. The van der Waals surface area contributed by atoms with E-state index in [1.807, 2.05) is 20.0 Å². The smallest absolute Gasteiger partial charge is 0.271 e. The van der Waals surface area contributed by atoms with Gasteiger partial charge in [-0.05, 0) is 13.0 Å². The summed E-state index contributed by atoms with van der Waals surface area (Å²) in [5.74, 6) is -0.286. The summed E-state index contributed by atoms with van der Waals surface area (Å²) < 4.78 is 1.73. The van der Waals surface area contributed by atoms with Crippen LogP contribution in [0.4, 0.5) is 0 Å². The molecule has 0 radical (unpaired) electrons. The Morgan fingerprint density at radius 1 is 1.65 bits per heavy atom. The zero-order valence-corrected chi connectivity index (χ0v) is 10.2. The summed E-state index contributed by atoms with van der Waals surface area (Å²) in [4.78, 5) is 11.7. The van der Waals surface area contributed by atoms with Crippen LogP contribution in [0.1, 0.15) is 21.9 Å². The van der Waals surface area contributed by atoms with Crippen LogP contribution in [0.3, 0.4) is 0 Å². The number of amides is 1. The molecule has 0 unspecified atom stereocenters. The van der Waals surface area contributed by atoms with Crippen LogP contribution < -0.4 is 5.32 Å². The number of aromatic amines is 1. The number of nitrogens with zero attached hydrogens (tertiary/aromatic N) is 3. The minimum atomic E-state index is -0.286. The van der Waals surface area contributed by atoms with Crippen LogP contribution in [0.2, 0.25) is 5.02 Å². The van der Waals surface area contributed by atoms with Crippen molar-refractivity contribution in [3.63, 3.8) is 0 Å². The van der Waals surface area contributed by atoms with E-state index in [0.29, 0.717) is 11.6 Å². The van der Waals surface area contributed by atoms with E-state index in [9.17, 15) is 4.79 Å². The Balaban J connectivity index is 2.02. The fourth-order valence-corrected chi connectivity index (χ4v) is 1.70. The number of hydrogen-bond donors (Lipinski definition) is 2. The lowest BCUT2D eigenvalue weighted by molar-refractivity contribution is 0.0945. The molecular formula is C10H12ClN5O. The number of aryl methyl sites for hydroxylation is 2. The second-order valence-corrected chi connectivity index (χ2v) is 4.08. The van der Waals surface area contributed by atoms with Gasteiger partial charge in [0.1, 0.15) is 5.69 Å². The SMILES string of the molecule is Cc1cc(CNC(=O)c2[nH]ncc2Cl)n(C)n1. The van der Waals surface area contributed by atoms with E-state index < -0.39 is 0 Å². The summed E-state index contributed by atoms with van der Waals surface area (Å²) in [6, 6.07) is 1.91. The van der Waals surface area contributed by atoms with Gasteiger partial charge in [-0.2, -0.15) is 10.2 Å². The van der Waals surface area contributed by atoms with Crippen LogP contribution >= 0.6 is 11.6 Å². The molecule has 7 heteroatoms. The molecule has 2 aromatic rings. The monoisotopic (exact) mass is 253 g/mol. The molecule has 0 bridgehead atoms. The van der Waals surface area contributed by atoms with Crippen molar-refractivity contribution in [2.45, 2.75) is 13.5 Å². The zero-order valence-electron chi connectivity index (χ0n) is 9.49. The zero-order chi connectivity index (χ0) is 12.4. The molecule has 0 atom stereocenters. The number of nitrogens with one attached hydrogen (secondary N) is 2. The second kappa shape index (κ2) is 4.58. The lowest BCUT2D eigenvalue weighted by Gasteiger charge is -2.04. The summed E-state index contributed by atoms with van der Waals surface area (Å²) in [7, 11) is 1.83. The molecule has 2 N–H and O–H groups in total. The number of carbonyl (C=O) groups excluding carboxylic acids is 1. The fraction of sp³-hybridized carbons (Fsp3) is 0.300. The molecule has 0 aliphatic rings. The summed E-state index contributed by atoms with van der Waals surface area (Å²) in [5, 5.41) is 13.5. The quantitative estimate of drug-likeness (QED) is 0.858. The Labute approximate surface area is 103 Å². The van der Waals surface area contributed by atoms with Gasteiger partial charge < -0.3 is 5.32 Å². The normalized spacial score (nSPS) is 10.5. The Kier molecular flexibility index (Phi) is 3.14. The van der Waals surface area contributed by atoms with Gasteiger partial charge in [0.15, 0.2) is 0 Å². The average Bonchev–Trinajstić information content (AvgIpc) is 2.81. The van der Waals surface area contributed by atoms with Crippen molar-refractivity contribution < 1.29 is 4.79 Å². The Morgan fingerprint density at radius 2 is 2.41 bits per heavy atom. The molecule has 0 saturated heterocycles. The highest BCUT2D eigenvalue weighted by molar-refractivity contribution is 6.33. The van der Waals surface area contributed by atoms with Gasteiger partial charge >= 0.3 is 0 Å². The van der Waals surface area contributed by atoms with Gasteiger partial charge in [0.25, 0.3) is 5.91 Å². The van der Waals surface area contributed by atoms with Gasteiger partial charge in [0.2, 0.25) is 0 Å². The Morgan fingerprint density at radius 3 is 2.94 bits per heavy atom. The lowest BCUT2D eigenvalue weighted by atomic mass is 10.3. The Hall–Kier alpha value is -1.82. The van der Waals surface area contributed by atoms with E-state index in [-0.39, 0.29) is 11.6 Å². The first-order chi connectivity index (χ1) is 8.08. The van der Waals surface area contributed by atoms with E-state index in [1.165, 1.54) is 6.20 Å². The third kappa shape index (κ3) is 2.47. The van der Waals surface area contributed by atoms with Gasteiger partial charge in [-0.3, -0.25) is 14.6 Å². The maximum absolute atomic E-state index is 11.7. The molecule has 6 nitrogen and oxygen atoms in total. The summed E-state index contributed by atoms with van der Waals surface area (Å²) >= 11 is 5.78. The highest BCUT2D eigenvalue weighted by Crippen LogP contribution is 2.11. The van der Waals surface area contributed by atoms with Gasteiger partial charge in [-0.25, -0.2) is 0 Å². The third-order valence-electron chi connectivity index (χ3n) is 2.35. The minimum absolute atomic E-state index is 0.269. The van der Waals surface area contributed by atoms with Gasteiger partial charge in [0.05, 0.1) is 29.2 Å². The van der Waals surface area contributed by atoms with Crippen molar-refractivity contribution in [3.05, 3.63) is 34.4 Å². The maximum atomic E-state index is 11.7. The van der Waals surface area contributed by atoms with Crippen LogP contribution in [-0.4, -0.2) is 25.9 Å². The molecule has 0 aliphatic heterocycles. The van der Waals surface area contributed by atoms with Gasteiger partial charge in [-0.1, -0.05) is 11.6 Å². The molecule has 2 aromatic heterocycles. The highest BCUT2D eigenvalue weighted by atomic mass is 35.5. The third-order valence-corrected chi connectivity index (χ3v) is 2.64. The van der Waals surface area contributed by atoms with E-state index in [1.54, 1.807) is 4.68 Å². The summed E-state index contributed by atoms with van der Waals surface area (Å²) in [5.41, 5.74) is 2.10. The van der Waals surface area contributed by atoms with E-state index in [4.69, 9.17) is 11.6 Å². The summed E-state index contributed by atoms with van der Waals surface area (Å²) in [6.45, 7) is 2.29. The molecule has 1 amide bonds. The molecule has 0 spiro atoms. The predicted octanol–water partition coefficient (Wildman–Crippen LogP) is 1.04. The van der Waals surface area contributed by atoms with Gasteiger partial charge in [-0.15, -0.1) is 0 Å². The highest BCUT2D eigenvalue weighted by Gasteiger charge is 2.12. The van der Waals surface area contributed by atoms with E-state index >= 15 is 0 Å². The van der Waals surface area contributed by atoms with Crippen molar-refractivity contribution in [2.75, 3.05) is 0 Å². The first-order valence-electron chi connectivity index (χ1n) is 5.04. The maximum Gasteiger partial charge on any atom is 0.271 e. The molecule has 17 heavy (non-hydrogen) atoms. The standard InChI is InChI=1S/C10H12ClN5O/c1-6-3-7(16(2)15-6)4-12-10(17)9-8(11)5-13-14-9/h3,5H,4H2,1-2H3,(H,12,17)(H,13,14). The molecule has 0 saturated carbocycles. The average molecular weight is 254 g/mol. The second-order valence-electron chi connectivity index (χ2n) is 3.68. The van der Waals surface area contributed by atoms with Crippen molar-refractivity contribution in [1.29, 1.82) is 0 Å². The molecule has 90 valence electrons.